The van der Waals surface area contributed by atoms with Crippen LogP contribution in [-0.4, -0.2) is 29.1 Å². The van der Waals surface area contributed by atoms with Crippen LogP contribution in [0.1, 0.15) is 18.4 Å². The maximum Gasteiger partial charge on any atom is 0.326 e. The van der Waals surface area contributed by atoms with Crippen molar-refractivity contribution in [2.24, 2.45) is 5.73 Å². The second-order valence-corrected chi connectivity index (χ2v) is 5.31. The number of carboxylic acids is 1. The molecule has 5 N–H and O–H groups in total. The number of amides is 3. The predicted octanol–water partition coefficient (Wildman–Crippen LogP) is 1.60. The second kappa shape index (κ2) is 7.63. The van der Waals surface area contributed by atoms with E-state index in [0.717, 1.165) is 10.0 Å². The molecule has 0 unspecified atom stereocenters. The van der Waals surface area contributed by atoms with Gasteiger partial charge in [-0.3, -0.25) is 4.79 Å². The van der Waals surface area contributed by atoms with Crippen LogP contribution in [0.4, 0.5) is 10.5 Å². The summed E-state index contributed by atoms with van der Waals surface area (Å²) in [6, 6.07) is 3.36. The van der Waals surface area contributed by atoms with Gasteiger partial charge in [-0.05, 0) is 37.1 Å². The number of carboxylic acid groups (broad SMARTS) is 1. The topological polar surface area (TPSA) is 122 Å². The number of aliphatic carboxylic acids is 1. The predicted molar refractivity (Wildman–Crippen MR) is 80.9 cm³/mol. The van der Waals surface area contributed by atoms with E-state index in [1.54, 1.807) is 18.2 Å². The van der Waals surface area contributed by atoms with Crippen molar-refractivity contribution < 1.29 is 19.5 Å². The number of nitrogens with one attached hydrogen (secondary N) is 2. The molecule has 0 aliphatic heterocycles. The molecule has 21 heavy (non-hydrogen) atoms. The minimum absolute atomic E-state index is 0.0581. The van der Waals surface area contributed by atoms with E-state index >= 15 is 0 Å². The molecule has 1 rings (SSSR count). The summed E-state index contributed by atoms with van der Waals surface area (Å²) >= 11 is 3.34. The van der Waals surface area contributed by atoms with E-state index in [-0.39, 0.29) is 12.8 Å². The average molecular weight is 358 g/mol. The zero-order chi connectivity index (χ0) is 16.0. The third-order valence-corrected chi connectivity index (χ3v) is 3.59. The molecule has 114 valence electrons. The lowest BCUT2D eigenvalue weighted by Crippen LogP contribution is -2.43. The maximum atomic E-state index is 11.8. The summed E-state index contributed by atoms with van der Waals surface area (Å²) in [6.45, 7) is 1.86. The van der Waals surface area contributed by atoms with Crippen molar-refractivity contribution in [3.63, 3.8) is 0 Å². The highest BCUT2D eigenvalue weighted by molar-refractivity contribution is 9.10. The Morgan fingerprint density at radius 3 is 2.57 bits per heavy atom. The standard InChI is InChI=1S/C13H16BrN3O4/c1-7-6-8(2-3-9(7)14)16-13(21)17-10(12(19)20)4-5-11(15)18/h2-3,6,10H,4-5H2,1H3,(H2,15,18)(H,19,20)(H2,16,17,21)/t10-/m0/s1. The summed E-state index contributed by atoms with van der Waals surface area (Å²) in [5.41, 5.74) is 6.42. The summed E-state index contributed by atoms with van der Waals surface area (Å²) in [4.78, 5) is 33.4. The first kappa shape index (κ1) is 17.0. The highest BCUT2D eigenvalue weighted by Gasteiger charge is 2.20. The summed E-state index contributed by atoms with van der Waals surface area (Å²) in [7, 11) is 0. The largest absolute Gasteiger partial charge is 0.480 e. The lowest BCUT2D eigenvalue weighted by molar-refractivity contribution is -0.139. The zero-order valence-corrected chi connectivity index (χ0v) is 12.9. The molecule has 0 spiro atoms. The van der Waals surface area contributed by atoms with Crippen molar-refractivity contribution in [1.29, 1.82) is 0 Å². The first-order valence-electron chi connectivity index (χ1n) is 6.14. The van der Waals surface area contributed by atoms with Gasteiger partial charge in [0.05, 0.1) is 0 Å². The molecule has 7 nitrogen and oxygen atoms in total. The lowest BCUT2D eigenvalue weighted by Gasteiger charge is -2.14. The lowest BCUT2D eigenvalue weighted by atomic mass is 10.1. The van der Waals surface area contributed by atoms with Crippen molar-refractivity contribution in [1.82, 2.24) is 5.32 Å². The minimum atomic E-state index is -1.22. The van der Waals surface area contributed by atoms with Gasteiger partial charge in [0, 0.05) is 16.6 Å². The van der Waals surface area contributed by atoms with E-state index in [2.05, 4.69) is 26.6 Å². The molecule has 0 fully saturated rings. The molecule has 0 aromatic heterocycles. The van der Waals surface area contributed by atoms with E-state index in [1.165, 1.54) is 0 Å². The Hall–Kier alpha value is -2.09. The van der Waals surface area contributed by atoms with Crippen LogP contribution in [-0.2, 0) is 9.59 Å². The first-order chi connectivity index (χ1) is 9.79. The smallest absolute Gasteiger partial charge is 0.326 e. The number of primary amides is 1. The molecular formula is C13H16BrN3O4. The molecule has 0 aliphatic carbocycles. The van der Waals surface area contributed by atoms with Crippen LogP contribution in [0.15, 0.2) is 22.7 Å². The van der Waals surface area contributed by atoms with Crippen molar-refractivity contribution in [2.75, 3.05) is 5.32 Å². The van der Waals surface area contributed by atoms with Crippen LogP contribution in [0.2, 0.25) is 0 Å². The molecule has 0 radical (unpaired) electrons. The number of aryl methyl sites for hydroxylation is 1. The van der Waals surface area contributed by atoms with Gasteiger partial charge in [0.15, 0.2) is 0 Å². The number of rotatable bonds is 6. The molecule has 0 bridgehead atoms. The number of hydrogen-bond donors (Lipinski definition) is 4. The zero-order valence-electron chi connectivity index (χ0n) is 11.4. The van der Waals surface area contributed by atoms with E-state index in [9.17, 15) is 14.4 Å². The molecule has 0 aliphatic rings. The first-order valence-corrected chi connectivity index (χ1v) is 6.93. The molecular weight excluding hydrogens is 342 g/mol. The van der Waals surface area contributed by atoms with Gasteiger partial charge in [-0.1, -0.05) is 15.9 Å². The number of anilines is 1. The van der Waals surface area contributed by atoms with Gasteiger partial charge in [0.1, 0.15) is 6.04 Å². The monoisotopic (exact) mass is 357 g/mol. The van der Waals surface area contributed by atoms with Crippen LogP contribution in [0, 0.1) is 6.92 Å². The normalized spacial score (nSPS) is 11.5. The summed E-state index contributed by atoms with van der Waals surface area (Å²) in [6.07, 6.45) is -0.175. The quantitative estimate of drug-likeness (QED) is 0.617. The van der Waals surface area contributed by atoms with Gasteiger partial charge in [-0.2, -0.15) is 0 Å². The molecule has 1 aromatic carbocycles. The Balaban J connectivity index is 2.62. The third-order valence-electron chi connectivity index (χ3n) is 2.70. The second-order valence-electron chi connectivity index (χ2n) is 4.46. The van der Waals surface area contributed by atoms with Gasteiger partial charge in [0.25, 0.3) is 0 Å². The Labute approximate surface area is 130 Å². The third kappa shape index (κ3) is 5.82. The van der Waals surface area contributed by atoms with Gasteiger partial charge < -0.3 is 21.5 Å². The van der Waals surface area contributed by atoms with Crippen LogP contribution >= 0.6 is 15.9 Å². The Morgan fingerprint density at radius 2 is 2.05 bits per heavy atom. The number of nitrogens with two attached hydrogens (primary N) is 1. The van der Waals surface area contributed by atoms with Crippen LogP contribution in [0.25, 0.3) is 0 Å². The van der Waals surface area contributed by atoms with Crippen molar-refractivity contribution in [3.05, 3.63) is 28.2 Å². The van der Waals surface area contributed by atoms with Crippen LogP contribution < -0.4 is 16.4 Å². The van der Waals surface area contributed by atoms with Gasteiger partial charge in [-0.25, -0.2) is 9.59 Å². The molecule has 0 saturated carbocycles. The van der Waals surface area contributed by atoms with E-state index in [1.807, 2.05) is 6.92 Å². The number of urea groups is 1. The van der Waals surface area contributed by atoms with Gasteiger partial charge >= 0.3 is 12.0 Å². The fourth-order valence-corrected chi connectivity index (χ4v) is 1.84. The van der Waals surface area contributed by atoms with Crippen molar-refractivity contribution >= 4 is 39.5 Å². The van der Waals surface area contributed by atoms with E-state index in [0.29, 0.717) is 5.69 Å². The molecule has 3 amide bonds. The van der Waals surface area contributed by atoms with E-state index in [4.69, 9.17) is 10.8 Å². The van der Waals surface area contributed by atoms with Crippen LogP contribution in [0.3, 0.4) is 0 Å². The fraction of sp³-hybridized carbons (Fsp3) is 0.308. The number of hydrogen-bond acceptors (Lipinski definition) is 3. The Bertz CT molecular complexity index is 562. The molecule has 0 heterocycles. The summed E-state index contributed by atoms with van der Waals surface area (Å²) < 4.78 is 0.901. The molecule has 8 heteroatoms. The highest BCUT2D eigenvalue weighted by Crippen LogP contribution is 2.19. The average Bonchev–Trinajstić information content (AvgIpc) is 2.38. The Morgan fingerprint density at radius 1 is 1.38 bits per heavy atom. The number of benzene rings is 1. The fourth-order valence-electron chi connectivity index (χ4n) is 1.59. The Kier molecular flexibility index (Phi) is 6.16. The summed E-state index contributed by atoms with van der Waals surface area (Å²) in [5.74, 6) is -1.84. The minimum Gasteiger partial charge on any atom is -0.480 e. The van der Waals surface area contributed by atoms with E-state index < -0.39 is 23.9 Å². The SMILES string of the molecule is Cc1cc(NC(=O)N[C@@H](CCC(N)=O)C(=O)O)ccc1Br. The number of halogens is 1. The van der Waals surface area contributed by atoms with Gasteiger partial charge in [-0.15, -0.1) is 0 Å². The number of carbonyl (C=O) groups excluding carboxylic acids is 2. The molecule has 1 aromatic rings. The summed E-state index contributed by atoms with van der Waals surface area (Å²) in [5, 5.41) is 13.8. The molecule has 0 saturated heterocycles. The maximum absolute atomic E-state index is 11.8. The van der Waals surface area contributed by atoms with Crippen LogP contribution in [0.5, 0.6) is 0 Å². The van der Waals surface area contributed by atoms with Gasteiger partial charge in [0.2, 0.25) is 5.91 Å². The van der Waals surface area contributed by atoms with Crippen molar-refractivity contribution in [3.8, 4) is 0 Å². The molecule has 1 atom stereocenters. The number of carbonyl (C=O) groups is 3. The van der Waals surface area contributed by atoms with Crippen molar-refractivity contribution in [2.45, 2.75) is 25.8 Å². The highest BCUT2D eigenvalue weighted by atomic mass is 79.9.